The van der Waals surface area contributed by atoms with Crippen molar-refractivity contribution >= 4 is 23.4 Å². The minimum atomic E-state index is -0.872. The number of carboxylic acids is 1. The quantitative estimate of drug-likeness (QED) is 0.178. The van der Waals surface area contributed by atoms with Crippen molar-refractivity contribution in [2.75, 3.05) is 18.6 Å². The predicted molar refractivity (Wildman–Crippen MR) is 151 cm³/mol. The number of pyridine rings is 1. The highest BCUT2D eigenvalue weighted by atomic mass is 32.2. The maximum Gasteiger partial charge on any atom is 0.304 e. The lowest BCUT2D eigenvalue weighted by atomic mass is 9.96. The molecule has 2 heterocycles. The number of thioether (sulfide) groups is 1. The molecule has 0 amide bonds. The van der Waals surface area contributed by atoms with Crippen LogP contribution in [0.1, 0.15) is 42.4 Å². The monoisotopic (exact) mass is 529 g/mol. The summed E-state index contributed by atoms with van der Waals surface area (Å²) in [5, 5.41) is 13.8. The lowest BCUT2D eigenvalue weighted by Gasteiger charge is -2.11. The summed E-state index contributed by atoms with van der Waals surface area (Å²) in [7, 11) is 0. The first kappa shape index (κ1) is 27.1. The summed E-state index contributed by atoms with van der Waals surface area (Å²) < 4.78 is 13.6. The van der Waals surface area contributed by atoms with Gasteiger partial charge in [-0.15, -0.1) is 11.0 Å². The molecule has 2 aromatic carbocycles. The summed E-state index contributed by atoms with van der Waals surface area (Å²) in [6.45, 7) is 4.82. The van der Waals surface area contributed by atoms with Crippen LogP contribution in [0.4, 0.5) is 0 Å². The fourth-order valence-electron chi connectivity index (χ4n) is 4.06. The van der Waals surface area contributed by atoms with E-state index in [4.69, 9.17) is 24.7 Å². The Morgan fingerprint density at radius 2 is 1.89 bits per heavy atom. The molecule has 1 N–H and O–H groups in total. The molecule has 7 nitrogen and oxygen atoms in total. The fraction of sp³-hybridized carbons (Fsp3) is 0.300. The smallest absolute Gasteiger partial charge is 0.304 e. The fourth-order valence-corrected chi connectivity index (χ4v) is 4.47. The van der Waals surface area contributed by atoms with Crippen LogP contribution in [0, 0.1) is 18.8 Å². The van der Waals surface area contributed by atoms with Crippen LogP contribution in [0.15, 0.2) is 60.8 Å². The molecule has 0 aliphatic heterocycles. The number of hydrogen-bond donors (Lipinski definition) is 1. The number of fused-ring (bicyclic) bond motifs is 1. The number of hydrogen-bond acceptors (Lipinski definition) is 6. The van der Waals surface area contributed by atoms with Crippen LogP contribution >= 0.6 is 11.8 Å². The topological polar surface area (TPSA) is 86.0 Å². The maximum atomic E-state index is 11.1. The van der Waals surface area contributed by atoms with Crippen LogP contribution in [0.5, 0.6) is 11.5 Å². The number of benzene rings is 2. The Bertz CT molecular complexity index is 1450. The molecule has 8 heteroatoms. The second-order valence-corrected chi connectivity index (χ2v) is 9.84. The van der Waals surface area contributed by atoms with Crippen LogP contribution in [-0.2, 0) is 11.4 Å². The van der Waals surface area contributed by atoms with E-state index in [1.807, 2.05) is 79.5 Å². The maximum absolute atomic E-state index is 11.1. The number of aryl methyl sites for hydroxylation is 1. The van der Waals surface area contributed by atoms with Crippen molar-refractivity contribution in [3.8, 4) is 34.7 Å². The lowest BCUT2D eigenvalue weighted by molar-refractivity contribution is -0.137. The number of carbonyl (C=O) groups is 1. The van der Waals surface area contributed by atoms with Crippen LogP contribution < -0.4 is 9.47 Å². The van der Waals surface area contributed by atoms with E-state index in [-0.39, 0.29) is 12.3 Å². The average Bonchev–Trinajstić information content (AvgIpc) is 3.33. The van der Waals surface area contributed by atoms with Gasteiger partial charge in [0.15, 0.2) is 11.5 Å². The number of rotatable bonds is 12. The first-order valence-electron chi connectivity index (χ1n) is 12.4. The molecule has 0 spiro atoms. The molecule has 0 saturated heterocycles. The summed E-state index contributed by atoms with van der Waals surface area (Å²) >= 11 is 1.82. The molecule has 2 aromatic heterocycles. The van der Waals surface area contributed by atoms with E-state index >= 15 is 0 Å². The van der Waals surface area contributed by atoms with E-state index in [0.717, 1.165) is 45.8 Å². The van der Waals surface area contributed by atoms with Gasteiger partial charge in [0.25, 0.3) is 0 Å². The van der Waals surface area contributed by atoms with Gasteiger partial charge in [-0.2, -0.15) is 11.8 Å². The molecule has 0 radical (unpaired) electrons. The normalized spacial score (nSPS) is 11.6. The second kappa shape index (κ2) is 13.0. The molecule has 4 aromatic rings. The molecule has 0 bridgehead atoms. The van der Waals surface area contributed by atoms with E-state index in [0.29, 0.717) is 24.8 Å². The zero-order valence-corrected chi connectivity index (χ0v) is 22.6. The summed E-state index contributed by atoms with van der Waals surface area (Å²) in [6.07, 6.45) is 5.01. The SMILES string of the molecule is CC#CC(CC(=O)O)c1ccc(OCc2ccc3nc(-c4ccc(OCCCSC)cc4C)nn3c2)cc1. The Balaban J connectivity index is 1.41. The van der Waals surface area contributed by atoms with Crippen LogP contribution in [-0.4, -0.2) is 44.3 Å². The van der Waals surface area contributed by atoms with E-state index in [1.54, 1.807) is 11.4 Å². The Kier molecular flexibility index (Phi) is 9.28. The Morgan fingerprint density at radius 1 is 1.11 bits per heavy atom. The molecule has 0 aliphatic rings. The van der Waals surface area contributed by atoms with Crippen molar-refractivity contribution in [1.82, 2.24) is 14.6 Å². The van der Waals surface area contributed by atoms with Crippen LogP contribution in [0.3, 0.4) is 0 Å². The molecule has 0 fully saturated rings. The molecular weight excluding hydrogens is 498 g/mol. The Morgan fingerprint density at radius 3 is 2.61 bits per heavy atom. The summed E-state index contributed by atoms with van der Waals surface area (Å²) in [4.78, 5) is 15.8. The summed E-state index contributed by atoms with van der Waals surface area (Å²) in [5.41, 5.74) is 4.59. The number of ether oxygens (including phenoxy) is 2. The Labute approximate surface area is 227 Å². The number of aliphatic carboxylic acids is 1. The third-order valence-corrected chi connectivity index (χ3v) is 6.67. The van der Waals surface area contributed by atoms with Gasteiger partial charge in [0.1, 0.15) is 18.1 Å². The third kappa shape index (κ3) is 7.08. The highest BCUT2D eigenvalue weighted by molar-refractivity contribution is 7.98. The highest BCUT2D eigenvalue weighted by Gasteiger charge is 2.14. The number of nitrogens with zero attached hydrogens (tertiary/aromatic N) is 3. The number of carboxylic acid groups (broad SMARTS) is 1. The van der Waals surface area contributed by atoms with E-state index in [1.165, 1.54) is 0 Å². The van der Waals surface area contributed by atoms with Gasteiger partial charge in [0.2, 0.25) is 0 Å². The molecule has 0 aliphatic carbocycles. The third-order valence-electron chi connectivity index (χ3n) is 5.98. The van der Waals surface area contributed by atoms with E-state index in [9.17, 15) is 4.79 Å². The Hall–Kier alpha value is -3.96. The zero-order chi connectivity index (χ0) is 26.9. The van der Waals surface area contributed by atoms with Gasteiger partial charge >= 0.3 is 5.97 Å². The zero-order valence-electron chi connectivity index (χ0n) is 21.8. The molecular formula is C30H31N3O4S. The summed E-state index contributed by atoms with van der Waals surface area (Å²) in [5.74, 6) is 7.87. The molecule has 38 heavy (non-hydrogen) atoms. The lowest BCUT2D eigenvalue weighted by Crippen LogP contribution is -2.04. The van der Waals surface area contributed by atoms with E-state index in [2.05, 4.69) is 18.1 Å². The van der Waals surface area contributed by atoms with Crippen molar-refractivity contribution in [3.63, 3.8) is 0 Å². The molecule has 4 rings (SSSR count). The first-order chi connectivity index (χ1) is 18.5. The largest absolute Gasteiger partial charge is 0.494 e. The van der Waals surface area contributed by atoms with Crippen molar-refractivity contribution in [1.29, 1.82) is 0 Å². The van der Waals surface area contributed by atoms with Crippen molar-refractivity contribution in [3.05, 3.63) is 77.5 Å². The summed E-state index contributed by atoms with van der Waals surface area (Å²) in [6, 6.07) is 17.3. The van der Waals surface area contributed by atoms with Crippen LogP contribution in [0.2, 0.25) is 0 Å². The molecule has 1 unspecified atom stereocenters. The minimum absolute atomic E-state index is 0.0310. The molecule has 1 atom stereocenters. The van der Waals surface area contributed by atoms with Gasteiger partial charge in [-0.1, -0.05) is 24.1 Å². The van der Waals surface area contributed by atoms with Gasteiger partial charge in [-0.25, -0.2) is 9.50 Å². The van der Waals surface area contributed by atoms with Gasteiger partial charge in [0, 0.05) is 17.3 Å². The van der Waals surface area contributed by atoms with Gasteiger partial charge < -0.3 is 14.6 Å². The van der Waals surface area contributed by atoms with E-state index < -0.39 is 5.97 Å². The van der Waals surface area contributed by atoms with Crippen molar-refractivity contribution in [2.24, 2.45) is 0 Å². The molecule has 0 saturated carbocycles. The average molecular weight is 530 g/mol. The van der Waals surface area contributed by atoms with Gasteiger partial charge in [-0.3, -0.25) is 4.79 Å². The van der Waals surface area contributed by atoms with Gasteiger partial charge in [0.05, 0.1) is 18.9 Å². The predicted octanol–water partition coefficient (Wildman–Crippen LogP) is 6.00. The molecule has 196 valence electrons. The first-order valence-corrected chi connectivity index (χ1v) is 13.8. The minimum Gasteiger partial charge on any atom is -0.494 e. The van der Waals surface area contributed by atoms with Crippen molar-refractivity contribution < 1.29 is 19.4 Å². The number of aromatic nitrogens is 3. The highest BCUT2D eigenvalue weighted by Crippen LogP contribution is 2.26. The van der Waals surface area contributed by atoms with Crippen LogP contribution in [0.25, 0.3) is 17.0 Å². The second-order valence-electron chi connectivity index (χ2n) is 8.85. The van der Waals surface area contributed by atoms with Gasteiger partial charge in [-0.05, 0) is 79.8 Å². The standard InChI is InChI=1S/C30H31N3O4S/c1-4-6-24(18-29(34)35)23-8-10-25(11-9-23)37-20-22-7-14-28-31-30(32-33(28)19-22)27-13-12-26(17-21(27)2)36-15-5-16-38-3/h7-14,17,19,24H,5,15-16,18,20H2,1-3H3,(H,34,35). The van der Waals surface area contributed by atoms with Crippen molar-refractivity contribution in [2.45, 2.75) is 39.2 Å².